The van der Waals surface area contributed by atoms with Crippen molar-refractivity contribution in [2.45, 2.75) is 25.9 Å². The molecule has 0 saturated heterocycles. The van der Waals surface area contributed by atoms with Gasteiger partial charge < -0.3 is 10.2 Å². The number of carbonyl (C=O) groups excluding carboxylic acids is 1. The summed E-state index contributed by atoms with van der Waals surface area (Å²) in [6.07, 6.45) is 2.93. The predicted octanol–water partition coefficient (Wildman–Crippen LogP) is 3.15. The van der Waals surface area contributed by atoms with E-state index in [9.17, 15) is 9.59 Å². The summed E-state index contributed by atoms with van der Waals surface area (Å²) in [7, 11) is 0. The average molecular weight is 420 g/mol. The molecule has 3 aromatic heterocycles. The minimum atomic E-state index is -0.238. The van der Waals surface area contributed by atoms with Crippen molar-refractivity contribution >= 4 is 34.3 Å². The molecule has 5 rings (SSSR count). The fraction of sp³-hybridized carbons (Fsp3) is 0.227. The van der Waals surface area contributed by atoms with Gasteiger partial charge >= 0.3 is 5.69 Å². The number of benzene rings is 1. The van der Waals surface area contributed by atoms with Gasteiger partial charge in [-0.25, -0.2) is 9.48 Å². The van der Waals surface area contributed by atoms with Gasteiger partial charge in [-0.2, -0.15) is 0 Å². The van der Waals surface area contributed by atoms with Crippen molar-refractivity contribution in [3.63, 3.8) is 0 Å². The number of hydrogen-bond donors (Lipinski definition) is 1. The number of amides is 1. The molecule has 1 aliphatic rings. The minimum absolute atomic E-state index is 0.146. The maximum absolute atomic E-state index is 12.3. The lowest BCUT2D eigenvalue weighted by Crippen LogP contribution is -2.29. The number of anilines is 2. The Morgan fingerprint density at radius 3 is 2.83 bits per heavy atom. The number of rotatable bonds is 5. The molecule has 4 aromatic rings. The van der Waals surface area contributed by atoms with E-state index < -0.39 is 0 Å². The van der Waals surface area contributed by atoms with Gasteiger partial charge in [-0.1, -0.05) is 6.07 Å². The maximum atomic E-state index is 12.3. The SMILES string of the molecule is O=C(CCn1nc2ccccn2c1=O)Nc1ccc(N2CCc3sccc3C2)cc1. The molecule has 0 fully saturated rings. The van der Waals surface area contributed by atoms with Crippen molar-refractivity contribution in [1.29, 1.82) is 0 Å². The maximum Gasteiger partial charge on any atom is 0.350 e. The number of aromatic nitrogens is 3. The highest BCUT2D eigenvalue weighted by molar-refractivity contribution is 7.10. The van der Waals surface area contributed by atoms with E-state index in [1.165, 1.54) is 19.5 Å². The Morgan fingerprint density at radius 1 is 1.13 bits per heavy atom. The highest BCUT2D eigenvalue weighted by atomic mass is 32.1. The summed E-state index contributed by atoms with van der Waals surface area (Å²) in [5.74, 6) is -0.146. The smallest absolute Gasteiger partial charge is 0.350 e. The predicted molar refractivity (Wildman–Crippen MR) is 118 cm³/mol. The first-order valence-corrected chi connectivity index (χ1v) is 10.8. The molecule has 0 bridgehead atoms. The Kier molecular flexibility index (Phi) is 4.84. The second-order valence-corrected chi connectivity index (χ2v) is 8.32. The van der Waals surface area contributed by atoms with E-state index in [0.29, 0.717) is 5.65 Å². The first-order chi connectivity index (χ1) is 14.7. The van der Waals surface area contributed by atoms with E-state index in [1.54, 1.807) is 18.3 Å². The van der Waals surface area contributed by atoms with Crippen LogP contribution in [0.1, 0.15) is 16.9 Å². The van der Waals surface area contributed by atoms with E-state index in [1.807, 2.05) is 41.7 Å². The molecule has 1 N–H and O–H groups in total. The van der Waals surface area contributed by atoms with E-state index in [-0.39, 0.29) is 24.6 Å². The third-order valence-corrected chi connectivity index (χ3v) is 6.39. The Balaban J connectivity index is 1.19. The first kappa shape index (κ1) is 18.6. The molecule has 0 aliphatic carbocycles. The Labute approximate surface area is 177 Å². The molecule has 0 atom stereocenters. The van der Waals surface area contributed by atoms with Gasteiger partial charge in [0.15, 0.2) is 5.65 Å². The van der Waals surface area contributed by atoms with Crippen molar-refractivity contribution in [3.8, 4) is 0 Å². The minimum Gasteiger partial charge on any atom is -0.367 e. The lowest BCUT2D eigenvalue weighted by atomic mass is 10.1. The van der Waals surface area contributed by atoms with Crippen LogP contribution in [0.15, 0.2) is 64.9 Å². The van der Waals surface area contributed by atoms with Gasteiger partial charge in [0.2, 0.25) is 5.91 Å². The second-order valence-electron chi connectivity index (χ2n) is 7.32. The first-order valence-electron chi connectivity index (χ1n) is 9.92. The van der Waals surface area contributed by atoms with E-state index >= 15 is 0 Å². The number of pyridine rings is 1. The van der Waals surface area contributed by atoms with Crippen LogP contribution in [0.25, 0.3) is 5.65 Å². The second kappa shape index (κ2) is 7.79. The van der Waals surface area contributed by atoms with Gasteiger partial charge in [0.1, 0.15) is 0 Å². The van der Waals surface area contributed by atoms with Crippen LogP contribution < -0.4 is 15.9 Å². The Hall–Kier alpha value is -3.39. The van der Waals surface area contributed by atoms with Gasteiger partial charge in [0.05, 0.1) is 6.54 Å². The van der Waals surface area contributed by atoms with Crippen molar-refractivity contribution in [3.05, 3.63) is 81.0 Å². The number of carbonyl (C=O) groups is 1. The molecule has 0 spiro atoms. The molecule has 0 saturated carbocycles. The molecule has 1 aliphatic heterocycles. The van der Waals surface area contributed by atoms with Crippen LogP contribution in [-0.4, -0.2) is 26.6 Å². The number of fused-ring (bicyclic) bond motifs is 2. The zero-order valence-electron chi connectivity index (χ0n) is 16.3. The zero-order chi connectivity index (χ0) is 20.5. The molecular formula is C22H21N5O2S. The van der Waals surface area contributed by atoms with Crippen molar-refractivity contribution < 1.29 is 4.79 Å². The molecule has 0 radical (unpaired) electrons. The fourth-order valence-electron chi connectivity index (χ4n) is 3.77. The Bertz CT molecular complexity index is 1250. The molecule has 1 aromatic carbocycles. The molecule has 1 amide bonds. The standard InChI is InChI=1S/C22H21N5O2S/c28-21(9-13-27-22(29)26-11-2-1-3-20(26)24-27)23-17-4-6-18(7-5-17)25-12-8-19-16(15-25)10-14-30-19/h1-7,10-11,14H,8-9,12-13,15H2,(H,23,28). The summed E-state index contributed by atoms with van der Waals surface area (Å²) in [4.78, 5) is 28.5. The van der Waals surface area contributed by atoms with Gasteiger partial charge in [-0.3, -0.25) is 9.20 Å². The highest BCUT2D eigenvalue weighted by Crippen LogP contribution is 2.28. The van der Waals surface area contributed by atoms with Gasteiger partial charge in [0, 0.05) is 42.0 Å². The van der Waals surface area contributed by atoms with E-state index in [2.05, 4.69) is 26.8 Å². The summed E-state index contributed by atoms with van der Waals surface area (Å²) in [5.41, 5.74) is 3.65. The lowest BCUT2D eigenvalue weighted by Gasteiger charge is -2.29. The third-order valence-electron chi connectivity index (χ3n) is 5.36. The van der Waals surface area contributed by atoms with Crippen LogP contribution in [0.5, 0.6) is 0 Å². The van der Waals surface area contributed by atoms with Gasteiger partial charge in [-0.15, -0.1) is 16.4 Å². The quantitative estimate of drug-likeness (QED) is 0.539. The molecular weight excluding hydrogens is 398 g/mol. The Morgan fingerprint density at radius 2 is 2.00 bits per heavy atom. The highest BCUT2D eigenvalue weighted by Gasteiger charge is 2.17. The molecule has 8 heteroatoms. The van der Waals surface area contributed by atoms with E-state index in [4.69, 9.17) is 0 Å². The lowest BCUT2D eigenvalue weighted by molar-refractivity contribution is -0.116. The zero-order valence-corrected chi connectivity index (χ0v) is 17.1. The summed E-state index contributed by atoms with van der Waals surface area (Å²) in [6, 6.07) is 15.5. The number of thiophene rings is 1. The molecule has 152 valence electrons. The summed E-state index contributed by atoms with van der Waals surface area (Å²) in [5, 5.41) is 9.31. The van der Waals surface area contributed by atoms with Crippen LogP contribution in [0.4, 0.5) is 11.4 Å². The molecule has 30 heavy (non-hydrogen) atoms. The summed E-state index contributed by atoms with van der Waals surface area (Å²) < 4.78 is 2.79. The van der Waals surface area contributed by atoms with Crippen LogP contribution in [-0.2, 0) is 24.3 Å². The largest absolute Gasteiger partial charge is 0.367 e. The van der Waals surface area contributed by atoms with Crippen LogP contribution in [0.2, 0.25) is 0 Å². The normalized spacial score (nSPS) is 13.4. The number of nitrogens with zero attached hydrogens (tertiary/aromatic N) is 4. The van der Waals surface area contributed by atoms with Crippen LogP contribution in [0.3, 0.4) is 0 Å². The summed E-state index contributed by atoms with van der Waals surface area (Å²) >= 11 is 1.84. The van der Waals surface area contributed by atoms with Crippen molar-refractivity contribution in [2.75, 3.05) is 16.8 Å². The topological polar surface area (TPSA) is 71.6 Å². The van der Waals surface area contributed by atoms with Gasteiger partial charge in [-0.05, 0) is 59.8 Å². The number of aryl methyl sites for hydroxylation is 1. The van der Waals surface area contributed by atoms with Crippen molar-refractivity contribution in [2.24, 2.45) is 0 Å². The fourth-order valence-corrected chi connectivity index (χ4v) is 4.66. The number of nitrogens with one attached hydrogen (secondary N) is 1. The molecule has 7 nitrogen and oxygen atoms in total. The van der Waals surface area contributed by atoms with E-state index in [0.717, 1.165) is 30.9 Å². The van der Waals surface area contributed by atoms with Crippen LogP contribution in [0, 0.1) is 0 Å². The molecule has 0 unspecified atom stereocenters. The number of hydrogen-bond acceptors (Lipinski definition) is 5. The van der Waals surface area contributed by atoms with Crippen molar-refractivity contribution in [1.82, 2.24) is 14.2 Å². The van der Waals surface area contributed by atoms with Gasteiger partial charge in [0.25, 0.3) is 0 Å². The molecule has 4 heterocycles. The summed E-state index contributed by atoms with van der Waals surface area (Å²) in [6.45, 7) is 2.17. The third kappa shape index (κ3) is 3.61. The van der Waals surface area contributed by atoms with Crippen LogP contribution >= 0.6 is 11.3 Å². The average Bonchev–Trinajstić information content (AvgIpc) is 3.37. The monoisotopic (exact) mass is 419 g/mol.